The van der Waals surface area contributed by atoms with E-state index >= 15 is 0 Å². The largest absolute Gasteiger partial charge is 0.311 e. The third-order valence-corrected chi connectivity index (χ3v) is 1.62. The molecule has 0 radical (unpaired) electrons. The molecule has 0 unspecified atom stereocenters. The van der Waals surface area contributed by atoms with Crippen LogP contribution in [-0.2, 0) is 0 Å². The summed E-state index contributed by atoms with van der Waals surface area (Å²) < 4.78 is 12.0. The van der Waals surface area contributed by atoms with Crippen LogP contribution >= 0.6 is 0 Å². The Hall–Kier alpha value is -0.150. The highest BCUT2D eigenvalue weighted by Crippen LogP contribution is 2.23. The van der Waals surface area contributed by atoms with Gasteiger partial charge in [-0.3, -0.25) is 0 Å². The number of halogens is 1. The zero-order valence-corrected chi connectivity index (χ0v) is 6.24. The van der Waals surface area contributed by atoms with Crippen molar-refractivity contribution in [3.8, 4) is 0 Å². The number of nitrogens with two attached hydrogens (primary N) is 2. The van der Waals surface area contributed by atoms with Gasteiger partial charge in [-0.15, -0.1) is 0 Å². The van der Waals surface area contributed by atoms with E-state index in [9.17, 15) is 4.39 Å². The molecule has 0 aromatic carbocycles. The number of rotatable bonds is 1. The van der Waals surface area contributed by atoms with E-state index in [-0.39, 0.29) is 5.41 Å². The van der Waals surface area contributed by atoms with E-state index in [1.165, 1.54) is 0 Å². The molecule has 0 aromatic rings. The van der Waals surface area contributed by atoms with E-state index in [1.807, 2.05) is 20.8 Å². The Labute approximate surface area is 55.4 Å². The zero-order chi connectivity index (χ0) is 7.71. The summed E-state index contributed by atoms with van der Waals surface area (Å²) in [5.41, 5.74) is 9.23. The van der Waals surface area contributed by atoms with Crippen LogP contribution in [0.15, 0.2) is 0 Å². The highest BCUT2D eigenvalue weighted by molar-refractivity contribution is 4.88. The molecule has 0 aliphatic carbocycles. The predicted molar refractivity (Wildman–Crippen MR) is 36.5 cm³/mol. The van der Waals surface area contributed by atoms with Gasteiger partial charge in [-0.05, 0) is 5.41 Å². The first-order valence-corrected chi connectivity index (χ1v) is 2.95. The fourth-order valence-corrected chi connectivity index (χ4v) is 0.200. The molecule has 4 N–H and O–H groups in total. The van der Waals surface area contributed by atoms with E-state index in [0.29, 0.717) is 0 Å². The summed E-state index contributed by atoms with van der Waals surface area (Å²) in [6.45, 7) is 4.75. The predicted octanol–water partition coefficient (Wildman–Crippen LogP) is 0.616. The SMILES string of the molecule is CC(C)(C)C(N)(N)CF. The van der Waals surface area contributed by atoms with Crippen LogP contribution in [0.25, 0.3) is 0 Å². The van der Waals surface area contributed by atoms with Crippen LogP contribution < -0.4 is 11.5 Å². The van der Waals surface area contributed by atoms with Gasteiger partial charge < -0.3 is 11.5 Å². The van der Waals surface area contributed by atoms with Gasteiger partial charge >= 0.3 is 0 Å². The maximum atomic E-state index is 12.0. The van der Waals surface area contributed by atoms with Crippen molar-refractivity contribution in [1.29, 1.82) is 0 Å². The van der Waals surface area contributed by atoms with Gasteiger partial charge in [-0.25, -0.2) is 4.39 Å². The van der Waals surface area contributed by atoms with Crippen molar-refractivity contribution < 1.29 is 4.39 Å². The lowest BCUT2D eigenvalue weighted by Crippen LogP contribution is -2.61. The molecule has 0 heterocycles. The van der Waals surface area contributed by atoms with Gasteiger partial charge in [0.15, 0.2) is 0 Å². The minimum absolute atomic E-state index is 0.373. The standard InChI is InChI=1S/C6H15FN2/c1-5(2,3)6(8,9)4-7/h4,8-9H2,1-3H3. The third kappa shape index (κ3) is 1.91. The van der Waals surface area contributed by atoms with Crippen LogP contribution in [0.4, 0.5) is 4.39 Å². The molecule has 56 valence electrons. The van der Waals surface area contributed by atoms with E-state index in [2.05, 4.69) is 0 Å². The molecule has 0 saturated heterocycles. The average Bonchev–Trinajstić information content (AvgIpc) is 1.64. The molecule has 0 aromatic heterocycles. The highest BCUT2D eigenvalue weighted by Gasteiger charge is 2.33. The summed E-state index contributed by atoms with van der Waals surface area (Å²) in [4.78, 5) is 0. The van der Waals surface area contributed by atoms with Crippen molar-refractivity contribution in [2.75, 3.05) is 6.67 Å². The highest BCUT2D eigenvalue weighted by atomic mass is 19.1. The van der Waals surface area contributed by atoms with Crippen LogP contribution in [-0.4, -0.2) is 12.3 Å². The smallest absolute Gasteiger partial charge is 0.121 e. The van der Waals surface area contributed by atoms with Crippen molar-refractivity contribution in [2.45, 2.75) is 26.4 Å². The first kappa shape index (κ1) is 8.85. The zero-order valence-electron chi connectivity index (χ0n) is 6.24. The second kappa shape index (κ2) is 2.23. The molecule has 0 bridgehead atoms. The van der Waals surface area contributed by atoms with Gasteiger partial charge in [0, 0.05) is 0 Å². The molecule has 2 nitrogen and oxygen atoms in total. The number of alkyl halides is 1. The topological polar surface area (TPSA) is 52.0 Å². The Morgan fingerprint density at radius 3 is 1.56 bits per heavy atom. The monoisotopic (exact) mass is 134 g/mol. The molecule has 0 aliphatic heterocycles. The van der Waals surface area contributed by atoms with Gasteiger partial charge in [0.25, 0.3) is 0 Å². The summed E-state index contributed by atoms with van der Waals surface area (Å²) in [6, 6.07) is 0. The van der Waals surface area contributed by atoms with Gasteiger partial charge in [0.2, 0.25) is 0 Å². The van der Waals surface area contributed by atoms with Crippen molar-refractivity contribution in [2.24, 2.45) is 16.9 Å². The summed E-state index contributed by atoms with van der Waals surface area (Å²) in [6.07, 6.45) is 0. The summed E-state index contributed by atoms with van der Waals surface area (Å²) in [5, 5.41) is 0. The summed E-state index contributed by atoms with van der Waals surface area (Å²) >= 11 is 0. The second-order valence-electron chi connectivity index (χ2n) is 3.42. The Morgan fingerprint density at radius 2 is 1.56 bits per heavy atom. The van der Waals surface area contributed by atoms with E-state index in [1.54, 1.807) is 0 Å². The Balaban J connectivity index is 4.14. The van der Waals surface area contributed by atoms with Crippen molar-refractivity contribution in [3.63, 3.8) is 0 Å². The van der Waals surface area contributed by atoms with Crippen LogP contribution in [0.1, 0.15) is 20.8 Å². The van der Waals surface area contributed by atoms with Crippen LogP contribution in [0, 0.1) is 5.41 Å². The molecule has 0 atom stereocenters. The molecule has 0 fully saturated rings. The lowest BCUT2D eigenvalue weighted by atomic mass is 9.83. The molecule has 0 spiro atoms. The molecular formula is C6H15FN2. The Morgan fingerprint density at radius 1 is 1.22 bits per heavy atom. The fourth-order valence-electron chi connectivity index (χ4n) is 0.200. The van der Waals surface area contributed by atoms with E-state index in [4.69, 9.17) is 11.5 Å². The van der Waals surface area contributed by atoms with E-state index in [0.717, 1.165) is 0 Å². The quantitative estimate of drug-likeness (QED) is 0.516. The average molecular weight is 134 g/mol. The van der Waals surface area contributed by atoms with Crippen molar-refractivity contribution in [3.05, 3.63) is 0 Å². The molecule has 0 saturated carbocycles. The molecule has 0 aliphatic rings. The summed E-state index contributed by atoms with van der Waals surface area (Å²) in [7, 11) is 0. The second-order valence-corrected chi connectivity index (χ2v) is 3.42. The van der Waals surface area contributed by atoms with E-state index < -0.39 is 12.3 Å². The van der Waals surface area contributed by atoms with Crippen molar-refractivity contribution in [1.82, 2.24) is 0 Å². The normalized spacial score (nSPS) is 14.0. The van der Waals surface area contributed by atoms with Crippen LogP contribution in [0.2, 0.25) is 0 Å². The van der Waals surface area contributed by atoms with Crippen LogP contribution in [0.3, 0.4) is 0 Å². The first-order chi connectivity index (χ1) is 3.81. The molecular weight excluding hydrogens is 119 g/mol. The van der Waals surface area contributed by atoms with Gasteiger partial charge in [-0.1, -0.05) is 20.8 Å². The minimum Gasteiger partial charge on any atom is -0.311 e. The molecule has 3 heteroatoms. The number of hydrogen-bond donors (Lipinski definition) is 2. The minimum atomic E-state index is -1.19. The summed E-state index contributed by atoms with van der Waals surface area (Å²) in [5.74, 6) is 0. The van der Waals surface area contributed by atoms with Crippen molar-refractivity contribution >= 4 is 0 Å². The lowest BCUT2D eigenvalue weighted by Gasteiger charge is -2.35. The van der Waals surface area contributed by atoms with Gasteiger partial charge in [-0.2, -0.15) is 0 Å². The Kier molecular flexibility index (Phi) is 2.19. The maximum absolute atomic E-state index is 12.0. The lowest BCUT2D eigenvalue weighted by molar-refractivity contribution is 0.151. The first-order valence-electron chi connectivity index (χ1n) is 2.95. The van der Waals surface area contributed by atoms with Gasteiger partial charge in [0.1, 0.15) is 6.67 Å². The molecule has 9 heavy (non-hydrogen) atoms. The molecule has 0 rings (SSSR count). The Bertz CT molecular complexity index is 93.7. The van der Waals surface area contributed by atoms with Gasteiger partial charge in [0.05, 0.1) is 5.66 Å². The number of hydrogen-bond acceptors (Lipinski definition) is 2. The molecule has 0 amide bonds. The third-order valence-electron chi connectivity index (χ3n) is 1.62. The maximum Gasteiger partial charge on any atom is 0.121 e. The van der Waals surface area contributed by atoms with Crippen LogP contribution in [0.5, 0.6) is 0 Å². The fraction of sp³-hybridized carbons (Fsp3) is 1.00.